The Morgan fingerprint density at radius 2 is 2.11 bits per heavy atom. The van der Waals surface area contributed by atoms with Gasteiger partial charge in [-0.2, -0.15) is 0 Å². The van der Waals surface area contributed by atoms with E-state index in [1.807, 2.05) is 18.3 Å². The molecule has 1 saturated carbocycles. The van der Waals surface area contributed by atoms with Gasteiger partial charge in [0, 0.05) is 19.2 Å². The first-order valence-corrected chi connectivity index (χ1v) is 6.77. The summed E-state index contributed by atoms with van der Waals surface area (Å²) in [5, 5.41) is 0. The van der Waals surface area contributed by atoms with Crippen molar-refractivity contribution in [3.05, 3.63) is 24.2 Å². The molecule has 2 aromatic heterocycles. The molecule has 2 N–H and O–H groups in total. The molecular weight excluding hydrogens is 224 g/mol. The summed E-state index contributed by atoms with van der Waals surface area (Å²) in [6, 6.07) is 3.99. The maximum atomic E-state index is 5.75. The highest BCUT2D eigenvalue weighted by molar-refractivity contribution is 5.71. The standard InChI is InChI=1S/C14H20N4/c1-18-13(11-6-4-10(9-15)5-7-11)17-12-3-2-8-16-14(12)18/h2-3,8,10-11H,4-7,9,15H2,1H3. The van der Waals surface area contributed by atoms with Crippen LogP contribution in [0.15, 0.2) is 18.3 Å². The van der Waals surface area contributed by atoms with Gasteiger partial charge in [0.05, 0.1) is 0 Å². The van der Waals surface area contributed by atoms with Crippen LogP contribution in [0.2, 0.25) is 0 Å². The molecule has 0 radical (unpaired) electrons. The molecular formula is C14H20N4. The largest absolute Gasteiger partial charge is 0.330 e. The summed E-state index contributed by atoms with van der Waals surface area (Å²) in [7, 11) is 2.08. The van der Waals surface area contributed by atoms with E-state index in [4.69, 9.17) is 10.7 Å². The number of hydrogen-bond donors (Lipinski definition) is 1. The van der Waals surface area contributed by atoms with Gasteiger partial charge in [0.25, 0.3) is 0 Å². The Kier molecular flexibility index (Phi) is 3.04. The minimum absolute atomic E-state index is 0.576. The number of pyridine rings is 1. The van der Waals surface area contributed by atoms with Crippen LogP contribution in [0.25, 0.3) is 11.2 Å². The fraction of sp³-hybridized carbons (Fsp3) is 0.571. The molecule has 1 aliphatic rings. The fourth-order valence-corrected chi connectivity index (χ4v) is 3.06. The van der Waals surface area contributed by atoms with E-state index in [1.165, 1.54) is 31.5 Å². The van der Waals surface area contributed by atoms with Crippen LogP contribution in [-0.4, -0.2) is 21.1 Å². The third kappa shape index (κ3) is 1.90. The zero-order chi connectivity index (χ0) is 12.5. The molecule has 96 valence electrons. The summed E-state index contributed by atoms with van der Waals surface area (Å²) in [5.41, 5.74) is 7.75. The van der Waals surface area contributed by atoms with Crippen LogP contribution in [0.4, 0.5) is 0 Å². The van der Waals surface area contributed by atoms with Crippen molar-refractivity contribution in [2.75, 3.05) is 6.54 Å². The summed E-state index contributed by atoms with van der Waals surface area (Å²) >= 11 is 0. The number of nitrogens with zero attached hydrogens (tertiary/aromatic N) is 3. The number of imidazole rings is 1. The van der Waals surface area contributed by atoms with E-state index >= 15 is 0 Å². The number of nitrogens with two attached hydrogens (primary N) is 1. The van der Waals surface area contributed by atoms with Crippen molar-refractivity contribution < 1.29 is 0 Å². The van der Waals surface area contributed by atoms with E-state index < -0.39 is 0 Å². The number of aryl methyl sites for hydroxylation is 1. The molecule has 0 amide bonds. The third-order valence-corrected chi connectivity index (χ3v) is 4.21. The Labute approximate surface area is 107 Å². The zero-order valence-corrected chi connectivity index (χ0v) is 10.8. The smallest absolute Gasteiger partial charge is 0.159 e. The van der Waals surface area contributed by atoms with Crippen LogP contribution in [0.1, 0.15) is 37.4 Å². The highest BCUT2D eigenvalue weighted by Gasteiger charge is 2.25. The van der Waals surface area contributed by atoms with E-state index in [9.17, 15) is 0 Å². The molecule has 3 rings (SSSR count). The number of fused-ring (bicyclic) bond motifs is 1. The molecule has 1 fully saturated rings. The second-order valence-corrected chi connectivity index (χ2v) is 5.33. The van der Waals surface area contributed by atoms with Gasteiger partial charge >= 0.3 is 0 Å². The van der Waals surface area contributed by atoms with Crippen LogP contribution in [-0.2, 0) is 7.05 Å². The summed E-state index contributed by atoms with van der Waals surface area (Å²) in [4.78, 5) is 9.16. The Morgan fingerprint density at radius 1 is 1.33 bits per heavy atom. The molecule has 4 heteroatoms. The van der Waals surface area contributed by atoms with Gasteiger partial charge in [-0.05, 0) is 50.3 Å². The summed E-state index contributed by atoms with van der Waals surface area (Å²) in [6.45, 7) is 0.830. The normalized spacial score (nSPS) is 24.6. The second kappa shape index (κ2) is 4.69. The third-order valence-electron chi connectivity index (χ3n) is 4.21. The van der Waals surface area contributed by atoms with Gasteiger partial charge in [0.2, 0.25) is 0 Å². The molecule has 4 nitrogen and oxygen atoms in total. The Bertz CT molecular complexity index is 538. The van der Waals surface area contributed by atoms with Crippen molar-refractivity contribution >= 4 is 11.2 Å². The maximum Gasteiger partial charge on any atom is 0.159 e. The lowest BCUT2D eigenvalue weighted by atomic mass is 9.81. The molecule has 2 heterocycles. The van der Waals surface area contributed by atoms with Gasteiger partial charge in [0.1, 0.15) is 11.3 Å². The topological polar surface area (TPSA) is 56.7 Å². The van der Waals surface area contributed by atoms with E-state index in [1.54, 1.807) is 0 Å². The molecule has 0 unspecified atom stereocenters. The number of hydrogen-bond acceptors (Lipinski definition) is 3. The van der Waals surface area contributed by atoms with Gasteiger partial charge < -0.3 is 10.3 Å². The minimum Gasteiger partial charge on any atom is -0.330 e. The molecule has 0 atom stereocenters. The number of rotatable bonds is 2. The fourth-order valence-electron chi connectivity index (χ4n) is 3.06. The average molecular weight is 244 g/mol. The van der Waals surface area contributed by atoms with Gasteiger partial charge in [-0.15, -0.1) is 0 Å². The van der Waals surface area contributed by atoms with Gasteiger partial charge in [-0.25, -0.2) is 9.97 Å². The number of aromatic nitrogens is 3. The lowest BCUT2D eigenvalue weighted by Crippen LogP contribution is -2.21. The quantitative estimate of drug-likeness (QED) is 0.881. The van der Waals surface area contributed by atoms with Crippen LogP contribution in [0, 0.1) is 5.92 Å². The summed E-state index contributed by atoms with van der Waals surface area (Å²) in [5.74, 6) is 2.49. The van der Waals surface area contributed by atoms with Gasteiger partial charge in [0.15, 0.2) is 5.65 Å². The van der Waals surface area contributed by atoms with Crippen LogP contribution >= 0.6 is 0 Å². The molecule has 2 aromatic rings. The van der Waals surface area contributed by atoms with E-state index in [-0.39, 0.29) is 0 Å². The zero-order valence-electron chi connectivity index (χ0n) is 10.8. The molecule has 0 bridgehead atoms. The maximum absolute atomic E-state index is 5.75. The van der Waals surface area contributed by atoms with Crippen LogP contribution in [0.5, 0.6) is 0 Å². The Balaban J connectivity index is 1.89. The highest BCUT2D eigenvalue weighted by atomic mass is 15.1. The minimum atomic E-state index is 0.576. The van der Waals surface area contributed by atoms with Crippen molar-refractivity contribution in [3.63, 3.8) is 0 Å². The van der Waals surface area contributed by atoms with Crippen LogP contribution < -0.4 is 5.73 Å². The molecule has 0 aliphatic heterocycles. The van der Waals surface area contributed by atoms with E-state index in [2.05, 4.69) is 16.6 Å². The summed E-state index contributed by atoms with van der Waals surface area (Å²) in [6.07, 6.45) is 6.72. The highest BCUT2D eigenvalue weighted by Crippen LogP contribution is 2.35. The first kappa shape index (κ1) is 11.7. The molecule has 18 heavy (non-hydrogen) atoms. The first-order valence-electron chi connectivity index (χ1n) is 6.77. The lowest BCUT2D eigenvalue weighted by molar-refractivity contribution is 0.323. The van der Waals surface area contributed by atoms with Crippen molar-refractivity contribution in [3.8, 4) is 0 Å². The van der Waals surface area contributed by atoms with Crippen molar-refractivity contribution in [1.82, 2.24) is 14.5 Å². The van der Waals surface area contributed by atoms with E-state index in [0.717, 1.165) is 17.7 Å². The summed E-state index contributed by atoms with van der Waals surface area (Å²) < 4.78 is 2.16. The van der Waals surface area contributed by atoms with Crippen molar-refractivity contribution in [1.29, 1.82) is 0 Å². The molecule has 1 aliphatic carbocycles. The van der Waals surface area contributed by atoms with Gasteiger partial charge in [-0.1, -0.05) is 0 Å². The average Bonchev–Trinajstić information content (AvgIpc) is 2.77. The molecule has 0 spiro atoms. The molecule has 0 aromatic carbocycles. The lowest BCUT2D eigenvalue weighted by Gasteiger charge is -2.27. The predicted molar refractivity (Wildman–Crippen MR) is 72.3 cm³/mol. The monoisotopic (exact) mass is 244 g/mol. The SMILES string of the molecule is Cn1c(C2CCC(CN)CC2)nc2cccnc21. The Hall–Kier alpha value is -1.42. The van der Waals surface area contributed by atoms with Gasteiger partial charge in [-0.3, -0.25) is 0 Å². The van der Waals surface area contributed by atoms with E-state index in [0.29, 0.717) is 11.8 Å². The van der Waals surface area contributed by atoms with Crippen LogP contribution in [0.3, 0.4) is 0 Å². The first-order chi connectivity index (χ1) is 8.79. The molecule has 0 saturated heterocycles. The Morgan fingerprint density at radius 3 is 2.78 bits per heavy atom. The van der Waals surface area contributed by atoms with Crippen molar-refractivity contribution in [2.24, 2.45) is 18.7 Å². The van der Waals surface area contributed by atoms with Crippen molar-refractivity contribution in [2.45, 2.75) is 31.6 Å². The second-order valence-electron chi connectivity index (χ2n) is 5.33. The predicted octanol–water partition coefficient (Wildman–Crippen LogP) is 2.20.